The van der Waals surface area contributed by atoms with Gasteiger partial charge in [0.25, 0.3) is 0 Å². The standard InChI is InChI=1S/C38H40O18P4/c39-33-34(40)36(54-58(42)47-19-27-11-3-4-12-28(27)20-48-58)38(56-60(44)51-23-31-15-7-8-16-32(31)24-52-60)37(55-59(43)49-21-29-13-5-6-14-30(29)22-50-59)35(33)53-57(41)45-17-25-9-1-2-10-26(25)18-46-57/h1-16,33-40H,17-24H2/t33-,34-,35+,36+,37-,38+/m0/s1. The Kier molecular flexibility index (Phi) is 12.4. The Balaban J connectivity index is 1.10. The van der Waals surface area contributed by atoms with E-state index in [0.29, 0.717) is 44.5 Å². The van der Waals surface area contributed by atoms with Crippen LogP contribution in [0.3, 0.4) is 0 Å². The summed E-state index contributed by atoms with van der Waals surface area (Å²) < 4.78 is 128. The minimum absolute atomic E-state index is 0.253. The SMILES string of the molecule is O=P1(O[C@@H]2[C@H](OP3(=O)OCc4ccccc4CO3)[C@H](OP3(=O)OCc4ccccc4CO3)[C@@H](O)[C@H](O)[C@H]2OP2(=O)OCc3ccccc3CO2)OCc2ccccc2CO1. The third kappa shape index (κ3) is 9.15. The maximum absolute atomic E-state index is 14.6. The van der Waals surface area contributed by atoms with E-state index in [0.717, 1.165) is 0 Å². The number of phosphoric ester groups is 4. The second-order valence-electron chi connectivity index (χ2n) is 14.3. The molecule has 0 bridgehead atoms. The molecule has 2 N–H and O–H groups in total. The van der Waals surface area contributed by atoms with Crippen molar-refractivity contribution in [2.45, 2.75) is 89.5 Å². The smallest absolute Gasteiger partial charge is 0.387 e. The van der Waals surface area contributed by atoms with E-state index in [9.17, 15) is 28.5 Å². The van der Waals surface area contributed by atoms with Crippen molar-refractivity contribution in [2.24, 2.45) is 0 Å². The monoisotopic (exact) mass is 908 g/mol. The van der Waals surface area contributed by atoms with Crippen molar-refractivity contribution in [1.82, 2.24) is 0 Å². The van der Waals surface area contributed by atoms with E-state index in [1.165, 1.54) is 0 Å². The maximum atomic E-state index is 14.6. The average molecular weight is 909 g/mol. The van der Waals surface area contributed by atoms with E-state index in [4.69, 9.17) is 54.3 Å². The summed E-state index contributed by atoms with van der Waals surface area (Å²) in [6, 6.07) is 27.8. The normalized spacial score (nSPS) is 29.2. The van der Waals surface area contributed by atoms with Gasteiger partial charge in [-0.05, 0) is 44.5 Å². The van der Waals surface area contributed by atoms with E-state index < -0.39 is 67.9 Å². The molecule has 0 saturated heterocycles. The molecule has 0 amide bonds. The highest BCUT2D eigenvalue weighted by Gasteiger charge is 2.61. The maximum Gasteiger partial charge on any atom is 0.475 e. The lowest BCUT2D eigenvalue weighted by Gasteiger charge is -2.47. The number of aliphatic hydroxyl groups is 2. The fourth-order valence-electron chi connectivity index (χ4n) is 7.17. The largest absolute Gasteiger partial charge is 0.475 e. The Bertz CT molecular complexity index is 2130. The molecule has 1 fully saturated rings. The van der Waals surface area contributed by atoms with Crippen LogP contribution < -0.4 is 0 Å². The van der Waals surface area contributed by atoms with Gasteiger partial charge >= 0.3 is 31.3 Å². The van der Waals surface area contributed by atoms with Gasteiger partial charge in [0.2, 0.25) is 0 Å². The van der Waals surface area contributed by atoms with Crippen molar-refractivity contribution < 1.29 is 82.8 Å². The third-order valence-electron chi connectivity index (χ3n) is 10.5. The van der Waals surface area contributed by atoms with Crippen LogP contribution in [0.15, 0.2) is 97.1 Å². The molecule has 18 nitrogen and oxygen atoms in total. The molecule has 4 aromatic rings. The predicted octanol–water partition coefficient (Wildman–Crippen LogP) is 7.68. The lowest BCUT2D eigenvalue weighted by Crippen LogP contribution is -2.65. The highest BCUT2D eigenvalue weighted by atomic mass is 31.2. The molecule has 6 atom stereocenters. The van der Waals surface area contributed by atoms with E-state index in [-0.39, 0.29) is 52.9 Å². The number of rotatable bonds is 8. The summed E-state index contributed by atoms with van der Waals surface area (Å²) in [5.41, 5.74) is 5.01. The quantitative estimate of drug-likeness (QED) is 0.162. The highest BCUT2D eigenvalue weighted by molar-refractivity contribution is 7.49. The van der Waals surface area contributed by atoms with Crippen molar-refractivity contribution in [1.29, 1.82) is 0 Å². The second kappa shape index (κ2) is 17.4. The topological polar surface area (TPSA) is 219 Å². The van der Waals surface area contributed by atoms with Crippen LogP contribution in [0, 0.1) is 0 Å². The van der Waals surface area contributed by atoms with Gasteiger partial charge < -0.3 is 10.2 Å². The lowest BCUT2D eigenvalue weighted by atomic mass is 9.85. The first-order chi connectivity index (χ1) is 28.9. The first-order valence-electron chi connectivity index (χ1n) is 18.8. The van der Waals surface area contributed by atoms with Gasteiger partial charge in [-0.2, -0.15) is 0 Å². The molecule has 5 aliphatic rings. The number of phosphoric acid groups is 4. The molecule has 0 spiro atoms. The number of benzene rings is 4. The van der Waals surface area contributed by atoms with Gasteiger partial charge in [-0.25, -0.2) is 18.3 Å². The first-order valence-corrected chi connectivity index (χ1v) is 24.7. The van der Waals surface area contributed by atoms with Gasteiger partial charge in [0.1, 0.15) is 36.6 Å². The molecule has 0 aromatic heterocycles. The summed E-state index contributed by atoms with van der Waals surface area (Å²) >= 11 is 0. The molecular weight excluding hydrogens is 868 g/mol. The zero-order valence-corrected chi connectivity index (χ0v) is 35.2. The molecular formula is C38H40O18P4. The summed E-state index contributed by atoms with van der Waals surface area (Å²) in [7, 11) is -19.1. The van der Waals surface area contributed by atoms with Gasteiger partial charge in [0.05, 0.1) is 52.9 Å². The number of fused-ring (bicyclic) bond motifs is 4. The minimum Gasteiger partial charge on any atom is -0.387 e. The Morgan fingerprint density at radius 3 is 0.683 bits per heavy atom. The van der Waals surface area contributed by atoms with Gasteiger partial charge in [0.15, 0.2) is 0 Å². The predicted molar refractivity (Wildman–Crippen MR) is 206 cm³/mol. The van der Waals surface area contributed by atoms with E-state index in [1.54, 1.807) is 97.1 Å². The molecule has 1 aliphatic carbocycles. The Hall–Kier alpha value is -2.76. The van der Waals surface area contributed by atoms with Crippen LogP contribution in [0.2, 0.25) is 0 Å². The van der Waals surface area contributed by atoms with E-state index >= 15 is 0 Å². The van der Waals surface area contributed by atoms with Crippen LogP contribution in [-0.2, 0) is 125 Å². The third-order valence-corrected chi connectivity index (χ3v) is 16.1. The van der Waals surface area contributed by atoms with Crippen LogP contribution in [0.5, 0.6) is 0 Å². The summed E-state index contributed by atoms with van der Waals surface area (Å²) in [4.78, 5) is 0. The molecule has 320 valence electrons. The molecule has 4 aliphatic heterocycles. The number of aliphatic hydroxyl groups excluding tert-OH is 2. The van der Waals surface area contributed by atoms with E-state index in [1.807, 2.05) is 0 Å². The summed E-state index contributed by atoms with van der Waals surface area (Å²) in [5.74, 6) is 0. The van der Waals surface area contributed by atoms with Crippen LogP contribution in [0.25, 0.3) is 0 Å². The molecule has 22 heteroatoms. The molecule has 4 heterocycles. The Labute approximate surface area is 344 Å². The average Bonchev–Trinajstić information content (AvgIpc) is 3.70. The molecule has 9 rings (SSSR count). The van der Waals surface area contributed by atoms with Crippen molar-refractivity contribution in [2.75, 3.05) is 0 Å². The van der Waals surface area contributed by atoms with Crippen molar-refractivity contribution in [3.05, 3.63) is 142 Å². The van der Waals surface area contributed by atoms with E-state index in [2.05, 4.69) is 0 Å². The summed E-state index contributed by atoms with van der Waals surface area (Å²) in [5, 5.41) is 23.9. The molecule has 60 heavy (non-hydrogen) atoms. The highest BCUT2D eigenvalue weighted by Crippen LogP contribution is 2.63. The first kappa shape index (κ1) is 42.5. The zero-order valence-electron chi connectivity index (χ0n) is 31.6. The Morgan fingerprint density at radius 1 is 0.333 bits per heavy atom. The summed E-state index contributed by atoms with van der Waals surface area (Å²) in [6.45, 7) is -2.10. The molecule has 0 radical (unpaired) electrons. The molecule has 4 aromatic carbocycles. The van der Waals surface area contributed by atoms with Crippen molar-refractivity contribution >= 4 is 31.3 Å². The van der Waals surface area contributed by atoms with Crippen LogP contribution in [-0.4, -0.2) is 46.8 Å². The van der Waals surface area contributed by atoms with Gasteiger partial charge in [-0.1, -0.05) is 97.1 Å². The van der Waals surface area contributed by atoms with Gasteiger partial charge in [0, 0.05) is 0 Å². The fraction of sp³-hybridized carbons (Fsp3) is 0.368. The van der Waals surface area contributed by atoms with Crippen LogP contribution in [0.1, 0.15) is 44.5 Å². The minimum atomic E-state index is -4.81. The number of hydrogen-bond donors (Lipinski definition) is 2. The van der Waals surface area contributed by atoms with Crippen molar-refractivity contribution in [3.63, 3.8) is 0 Å². The molecule has 0 unspecified atom stereocenters. The molecule has 1 saturated carbocycles. The second-order valence-corrected chi connectivity index (χ2v) is 20.8. The van der Waals surface area contributed by atoms with Crippen LogP contribution >= 0.6 is 31.3 Å². The summed E-state index contributed by atoms with van der Waals surface area (Å²) in [6.07, 6.45) is -12.8. The fourth-order valence-corrected chi connectivity index (χ4v) is 12.5. The number of hydrogen-bond acceptors (Lipinski definition) is 18. The Morgan fingerprint density at radius 2 is 0.500 bits per heavy atom. The van der Waals surface area contributed by atoms with Crippen molar-refractivity contribution in [3.8, 4) is 0 Å². The lowest BCUT2D eigenvalue weighted by molar-refractivity contribution is -0.213. The van der Waals surface area contributed by atoms with Crippen LogP contribution in [0.4, 0.5) is 0 Å². The van der Waals surface area contributed by atoms with Gasteiger partial charge in [-0.15, -0.1) is 0 Å². The van der Waals surface area contributed by atoms with Gasteiger partial charge in [-0.3, -0.25) is 54.3 Å². The zero-order chi connectivity index (χ0) is 41.5.